The molecule has 4 atom stereocenters. The van der Waals surface area contributed by atoms with Crippen LogP contribution in [0.25, 0.3) is 10.8 Å². The molecule has 2 saturated carbocycles. The highest BCUT2D eigenvalue weighted by Crippen LogP contribution is 2.49. The van der Waals surface area contributed by atoms with Crippen molar-refractivity contribution in [2.45, 2.75) is 103 Å². The van der Waals surface area contributed by atoms with Crippen molar-refractivity contribution in [1.82, 2.24) is 0 Å². The summed E-state index contributed by atoms with van der Waals surface area (Å²) in [6.07, 6.45) is 17.5. The minimum atomic E-state index is -0.674. The molecule has 0 amide bonds. The molecule has 0 N–H and O–H groups in total. The van der Waals surface area contributed by atoms with Crippen LogP contribution in [0, 0.1) is 35.2 Å². The lowest BCUT2D eigenvalue weighted by Gasteiger charge is -2.42. The van der Waals surface area contributed by atoms with E-state index in [0.717, 1.165) is 30.7 Å². The van der Waals surface area contributed by atoms with E-state index in [1.54, 1.807) is 12.1 Å². The molecule has 34 heavy (non-hydrogen) atoms. The number of rotatable bonds is 10. The molecule has 0 bridgehead atoms. The van der Waals surface area contributed by atoms with Gasteiger partial charge in [0.05, 0.1) is 5.39 Å². The number of unbranched alkanes of at least 4 members (excludes halogenated alkanes) is 4. The van der Waals surface area contributed by atoms with Gasteiger partial charge in [-0.15, -0.1) is 6.58 Å². The molecule has 0 aliphatic heterocycles. The fourth-order valence-corrected chi connectivity index (χ4v) is 6.82. The van der Waals surface area contributed by atoms with Gasteiger partial charge in [-0.2, -0.15) is 0 Å². The second-order valence-electron chi connectivity index (χ2n) is 11.0. The van der Waals surface area contributed by atoms with Crippen molar-refractivity contribution in [2.24, 2.45) is 17.8 Å². The van der Waals surface area contributed by atoms with Gasteiger partial charge >= 0.3 is 0 Å². The topological polar surface area (TPSA) is 0 Å². The molecule has 2 fully saturated rings. The van der Waals surface area contributed by atoms with Gasteiger partial charge in [-0.25, -0.2) is 13.2 Å². The molecule has 4 unspecified atom stereocenters. The molecule has 0 aromatic heterocycles. The quantitative estimate of drug-likeness (QED) is 0.239. The van der Waals surface area contributed by atoms with Crippen LogP contribution < -0.4 is 0 Å². The van der Waals surface area contributed by atoms with E-state index in [-0.39, 0.29) is 16.9 Å². The molecule has 0 saturated heterocycles. The molecule has 0 nitrogen and oxygen atoms in total. The van der Waals surface area contributed by atoms with E-state index in [4.69, 9.17) is 0 Å². The van der Waals surface area contributed by atoms with E-state index in [9.17, 15) is 4.39 Å². The molecule has 0 spiro atoms. The van der Waals surface area contributed by atoms with Crippen LogP contribution in [0.15, 0.2) is 30.9 Å². The summed E-state index contributed by atoms with van der Waals surface area (Å²) >= 11 is 0. The maximum absolute atomic E-state index is 15.6. The first-order chi connectivity index (χ1) is 16.5. The first kappa shape index (κ1) is 25.3. The molecule has 2 aromatic rings. The Morgan fingerprint density at radius 3 is 2.44 bits per heavy atom. The molecule has 2 aliphatic rings. The third-order valence-corrected chi connectivity index (χ3v) is 8.66. The van der Waals surface area contributed by atoms with Gasteiger partial charge in [0.15, 0.2) is 0 Å². The smallest absolute Gasteiger partial charge is 0.140 e. The van der Waals surface area contributed by atoms with Crippen molar-refractivity contribution in [3.63, 3.8) is 0 Å². The number of benzene rings is 2. The first-order valence-electron chi connectivity index (χ1n) is 13.7. The van der Waals surface area contributed by atoms with Crippen molar-refractivity contribution >= 4 is 10.8 Å². The van der Waals surface area contributed by atoms with Gasteiger partial charge in [-0.05, 0) is 91.7 Å². The summed E-state index contributed by atoms with van der Waals surface area (Å²) < 4.78 is 45.7. The fraction of sp³-hybridized carbons (Fsp3) is 0.613. The Morgan fingerprint density at radius 1 is 0.882 bits per heavy atom. The Morgan fingerprint density at radius 2 is 1.65 bits per heavy atom. The summed E-state index contributed by atoms with van der Waals surface area (Å²) in [6.45, 7) is 5.95. The highest BCUT2D eigenvalue weighted by molar-refractivity contribution is 5.85. The monoisotopic (exact) mass is 470 g/mol. The second-order valence-corrected chi connectivity index (χ2v) is 11.0. The highest BCUT2D eigenvalue weighted by atomic mass is 19.1. The molecule has 2 aliphatic carbocycles. The van der Waals surface area contributed by atoms with Crippen molar-refractivity contribution in [1.29, 1.82) is 0 Å². The van der Waals surface area contributed by atoms with Gasteiger partial charge in [0.2, 0.25) is 0 Å². The summed E-state index contributed by atoms with van der Waals surface area (Å²) in [5.41, 5.74) is 0.876. The Labute approximate surface area is 204 Å². The maximum atomic E-state index is 15.6. The van der Waals surface area contributed by atoms with E-state index >= 15 is 8.78 Å². The van der Waals surface area contributed by atoms with Gasteiger partial charge in [-0.1, -0.05) is 64.0 Å². The van der Waals surface area contributed by atoms with Crippen molar-refractivity contribution in [2.75, 3.05) is 0 Å². The minimum Gasteiger partial charge on any atom is -0.207 e. The predicted molar refractivity (Wildman–Crippen MR) is 137 cm³/mol. The van der Waals surface area contributed by atoms with Crippen LogP contribution in [0.2, 0.25) is 0 Å². The summed E-state index contributed by atoms with van der Waals surface area (Å²) in [6, 6.07) is 4.48. The van der Waals surface area contributed by atoms with E-state index in [1.807, 2.05) is 0 Å². The Bertz CT molecular complexity index is 979. The number of halogens is 3. The molecular weight excluding hydrogens is 429 g/mol. The molecule has 3 heteroatoms. The summed E-state index contributed by atoms with van der Waals surface area (Å²) in [5, 5.41) is 0.276. The zero-order valence-corrected chi connectivity index (χ0v) is 20.9. The van der Waals surface area contributed by atoms with Crippen molar-refractivity contribution in [3.8, 4) is 0 Å². The highest BCUT2D eigenvalue weighted by Gasteiger charge is 2.37. The summed E-state index contributed by atoms with van der Waals surface area (Å²) in [7, 11) is 0. The van der Waals surface area contributed by atoms with Gasteiger partial charge in [-0.3, -0.25) is 0 Å². The predicted octanol–water partition coefficient (Wildman–Crippen LogP) is 10.0. The minimum absolute atomic E-state index is 0.0485. The fourth-order valence-electron chi connectivity index (χ4n) is 6.82. The van der Waals surface area contributed by atoms with Gasteiger partial charge in [0.25, 0.3) is 0 Å². The molecule has 2 aromatic carbocycles. The van der Waals surface area contributed by atoms with Crippen LogP contribution in [0.4, 0.5) is 13.2 Å². The molecule has 4 rings (SSSR count). The van der Waals surface area contributed by atoms with Crippen LogP contribution in [0.5, 0.6) is 0 Å². The van der Waals surface area contributed by atoms with Gasteiger partial charge in [0, 0.05) is 5.56 Å². The normalized spacial score (nSPS) is 24.8. The summed E-state index contributed by atoms with van der Waals surface area (Å²) in [4.78, 5) is 0. The lowest BCUT2D eigenvalue weighted by molar-refractivity contribution is 0.111. The van der Waals surface area contributed by atoms with E-state index < -0.39 is 17.5 Å². The van der Waals surface area contributed by atoms with Crippen LogP contribution in [0.1, 0.15) is 107 Å². The number of aryl methyl sites for hydroxylation is 1. The van der Waals surface area contributed by atoms with Crippen molar-refractivity contribution in [3.05, 3.63) is 59.4 Å². The van der Waals surface area contributed by atoms with E-state index in [1.165, 1.54) is 69.9 Å². The first-order valence-corrected chi connectivity index (χ1v) is 13.7. The lowest BCUT2D eigenvalue weighted by Crippen LogP contribution is -2.31. The van der Waals surface area contributed by atoms with Crippen molar-refractivity contribution < 1.29 is 13.2 Å². The van der Waals surface area contributed by atoms with E-state index in [0.29, 0.717) is 30.1 Å². The zero-order chi connectivity index (χ0) is 24.1. The van der Waals surface area contributed by atoms with Crippen LogP contribution in [-0.4, -0.2) is 0 Å². The second kappa shape index (κ2) is 11.8. The van der Waals surface area contributed by atoms with E-state index in [2.05, 4.69) is 13.5 Å². The Hall–Kier alpha value is -1.77. The largest absolute Gasteiger partial charge is 0.207 e. The number of fused-ring (bicyclic) bond motifs is 2. The zero-order valence-electron chi connectivity index (χ0n) is 20.9. The number of hydrogen-bond donors (Lipinski definition) is 0. The number of allylic oxidation sites excluding steroid dienone is 1. The van der Waals surface area contributed by atoms with Gasteiger partial charge < -0.3 is 0 Å². The molecule has 186 valence electrons. The van der Waals surface area contributed by atoms with Gasteiger partial charge in [0.1, 0.15) is 17.5 Å². The molecular formula is C31H41F3. The third kappa shape index (κ3) is 5.71. The molecule has 0 radical (unpaired) electrons. The standard InChI is InChI=1S/C31H41F3/c1-3-5-7-8-9-11-21-12-13-24-19-25(15-14-23(24)16-21)29-28(33)20-26-17-22(10-6-4-2)18-27(32)30(26)31(29)34/h4,17-18,20-21,23-25H,2-3,5-16,19H2,1H3. The third-order valence-electron chi connectivity index (χ3n) is 8.66. The average molecular weight is 471 g/mol. The Balaban J connectivity index is 1.44. The lowest BCUT2D eigenvalue weighted by atomic mass is 9.63. The molecule has 0 heterocycles. The Kier molecular flexibility index (Phi) is 8.77. The number of hydrogen-bond acceptors (Lipinski definition) is 0. The summed E-state index contributed by atoms with van der Waals surface area (Å²) in [5.74, 6) is 0.177. The SMILES string of the molecule is C=CCCc1cc(F)c2c(F)c(C3CCC4CC(CCCCCCC)CCC4C3)c(F)cc2c1. The van der Waals surface area contributed by atoms with Crippen LogP contribution in [0.3, 0.4) is 0 Å². The average Bonchev–Trinajstić information content (AvgIpc) is 2.82. The van der Waals surface area contributed by atoms with Crippen LogP contribution in [-0.2, 0) is 6.42 Å². The van der Waals surface area contributed by atoms with Crippen LogP contribution >= 0.6 is 0 Å². The maximum Gasteiger partial charge on any atom is 0.140 e.